The SMILES string of the molecule is CC(NC(=O)CCNS(=O)(=O)c1ccc2ccccc2c1)c1cccc(C(F)(F)F)c1. The lowest BCUT2D eigenvalue weighted by atomic mass is 10.0. The molecule has 31 heavy (non-hydrogen) atoms. The number of carbonyl (C=O) groups is 1. The van der Waals surface area contributed by atoms with Gasteiger partial charge < -0.3 is 5.32 Å². The molecule has 3 rings (SSSR count). The molecule has 0 heterocycles. The van der Waals surface area contributed by atoms with E-state index in [1.54, 1.807) is 25.1 Å². The fraction of sp³-hybridized carbons (Fsp3) is 0.227. The Hall–Kier alpha value is -2.91. The molecule has 1 unspecified atom stereocenters. The molecule has 0 aliphatic carbocycles. The largest absolute Gasteiger partial charge is 0.416 e. The molecule has 9 heteroatoms. The highest BCUT2D eigenvalue weighted by atomic mass is 32.2. The van der Waals surface area contributed by atoms with E-state index in [1.807, 2.05) is 18.2 Å². The minimum absolute atomic E-state index is 0.0870. The molecule has 0 spiro atoms. The first-order valence-corrected chi connectivity index (χ1v) is 11.0. The van der Waals surface area contributed by atoms with Crippen molar-refractivity contribution in [3.05, 3.63) is 77.9 Å². The Balaban J connectivity index is 1.56. The summed E-state index contributed by atoms with van der Waals surface area (Å²) >= 11 is 0. The number of fused-ring (bicyclic) bond motifs is 1. The van der Waals surface area contributed by atoms with Gasteiger partial charge in [0.15, 0.2) is 0 Å². The van der Waals surface area contributed by atoms with Crippen molar-refractivity contribution in [2.45, 2.75) is 30.5 Å². The summed E-state index contributed by atoms with van der Waals surface area (Å²) in [4.78, 5) is 12.2. The third-order valence-electron chi connectivity index (χ3n) is 4.77. The first-order valence-electron chi connectivity index (χ1n) is 9.51. The minimum atomic E-state index is -4.47. The summed E-state index contributed by atoms with van der Waals surface area (Å²) < 4.78 is 65.9. The zero-order valence-corrected chi connectivity index (χ0v) is 17.4. The second-order valence-electron chi connectivity index (χ2n) is 7.07. The topological polar surface area (TPSA) is 75.3 Å². The van der Waals surface area contributed by atoms with Crippen molar-refractivity contribution in [3.8, 4) is 0 Å². The quantitative estimate of drug-likeness (QED) is 0.560. The first-order chi connectivity index (χ1) is 14.6. The highest BCUT2D eigenvalue weighted by molar-refractivity contribution is 7.89. The van der Waals surface area contributed by atoms with Crippen LogP contribution in [0, 0.1) is 0 Å². The number of sulfonamides is 1. The van der Waals surface area contributed by atoms with Crippen LogP contribution < -0.4 is 10.0 Å². The van der Waals surface area contributed by atoms with Crippen molar-refractivity contribution in [3.63, 3.8) is 0 Å². The van der Waals surface area contributed by atoms with Crippen molar-refractivity contribution in [1.29, 1.82) is 0 Å². The predicted molar refractivity (Wildman–Crippen MR) is 112 cm³/mol. The summed E-state index contributed by atoms with van der Waals surface area (Å²) in [6.45, 7) is 1.42. The smallest absolute Gasteiger partial charge is 0.350 e. The average Bonchev–Trinajstić information content (AvgIpc) is 2.72. The molecule has 2 N–H and O–H groups in total. The molecular formula is C22H21F3N2O3S. The molecule has 0 saturated carbocycles. The molecule has 0 aliphatic heterocycles. The van der Waals surface area contributed by atoms with Gasteiger partial charge in [-0.05, 0) is 47.5 Å². The summed E-state index contributed by atoms with van der Waals surface area (Å²) in [5, 5.41) is 4.27. The number of hydrogen-bond donors (Lipinski definition) is 2. The molecule has 1 amide bonds. The molecule has 3 aromatic carbocycles. The van der Waals surface area contributed by atoms with Crippen LogP contribution in [0.1, 0.15) is 30.5 Å². The molecule has 1 atom stereocenters. The number of rotatable bonds is 7. The van der Waals surface area contributed by atoms with Crippen LogP contribution >= 0.6 is 0 Å². The Bertz CT molecular complexity index is 1190. The van der Waals surface area contributed by atoms with Crippen molar-refractivity contribution < 1.29 is 26.4 Å². The second kappa shape index (κ2) is 9.07. The van der Waals surface area contributed by atoms with Crippen LogP contribution in [0.25, 0.3) is 10.8 Å². The zero-order chi connectivity index (χ0) is 22.6. The summed E-state index contributed by atoms with van der Waals surface area (Å²) in [6.07, 6.45) is -4.63. The number of benzene rings is 3. The lowest BCUT2D eigenvalue weighted by molar-refractivity contribution is -0.137. The van der Waals surface area contributed by atoms with Crippen LogP contribution in [0.4, 0.5) is 13.2 Å². The molecule has 0 saturated heterocycles. The van der Waals surface area contributed by atoms with Crippen molar-refractivity contribution in [2.24, 2.45) is 0 Å². The summed E-state index contributed by atoms with van der Waals surface area (Å²) in [7, 11) is -3.81. The number of carbonyl (C=O) groups excluding carboxylic acids is 1. The molecular weight excluding hydrogens is 429 g/mol. The van der Waals surface area contributed by atoms with E-state index < -0.39 is 33.7 Å². The number of halogens is 3. The molecule has 0 bridgehead atoms. The molecule has 3 aromatic rings. The fourth-order valence-corrected chi connectivity index (χ4v) is 4.16. The molecule has 164 valence electrons. The Labute approximate surface area is 178 Å². The number of amides is 1. The summed E-state index contributed by atoms with van der Waals surface area (Å²) in [6, 6.07) is 16.1. The average molecular weight is 450 g/mol. The molecule has 0 aromatic heterocycles. The fourth-order valence-electron chi connectivity index (χ4n) is 3.10. The Morgan fingerprint density at radius 1 is 0.968 bits per heavy atom. The van der Waals surface area contributed by atoms with Crippen LogP contribution in [-0.2, 0) is 21.0 Å². The molecule has 0 aliphatic rings. The van der Waals surface area contributed by atoms with Crippen LogP contribution in [0.2, 0.25) is 0 Å². The third kappa shape index (κ3) is 5.83. The maximum atomic E-state index is 12.8. The first kappa shape index (κ1) is 22.8. The Morgan fingerprint density at radius 3 is 2.39 bits per heavy atom. The second-order valence-corrected chi connectivity index (χ2v) is 8.84. The van der Waals surface area contributed by atoms with E-state index in [4.69, 9.17) is 0 Å². The van der Waals surface area contributed by atoms with Crippen LogP contribution in [0.15, 0.2) is 71.6 Å². The van der Waals surface area contributed by atoms with E-state index in [1.165, 1.54) is 18.2 Å². The molecule has 0 radical (unpaired) electrons. The van der Waals surface area contributed by atoms with Gasteiger partial charge >= 0.3 is 6.18 Å². The Kier molecular flexibility index (Phi) is 6.66. The van der Waals surface area contributed by atoms with Crippen molar-refractivity contribution in [1.82, 2.24) is 10.0 Å². The highest BCUT2D eigenvalue weighted by Gasteiger charge is 2.30. The number of hydrogen-bond acceptors (Lipinski definition) is 3. The molecule has 5 nitrogen and oxygen atoms in total. The van der Waals surface area contributed by atoms with Gasteiger partial charge in [0.25, 0.3) is 0 Å². The van der Waals surface area contributed by atoms with Gasteiger partial charge in [-0.15, -0.1) is 0 Å². The van der Waals surface area contributed by atoms with Crippen LogP contribution in [0.5, 0.6) is 0 Å². The van der Waals surface area contributed by atoms with Gasteiger partial charge in [-0.25, -0.2) is 13.1 Å². The van der Waals surface area contributed by atoms with E-state index >= 15 is 0 Å². The van der Waals surface area contributed by atoms with Crippen molar-refractivity contribution >= 4 is 26.7 Å². The molecule has 0 fully saturated rings. The highest BCUT2D eigenvalue weighted by Crippen LogP contribution is 2.30. The van der Waals surface area contributed by atoms with Gasteiger partial charge in [0.2, 0.25) is 15.9 Å². The maximum absolute atomic E-state index is 12.8. The zero-order valence-electron chi connectivity index (χ0n) is 16.6. The predicted octanol–water partition coefficient (Wildman–Crippen LogP) is 4.40. The summed E-state index contributed by atoms with van der Waals surface area (Å²) in [5.41, 5.74) is -0.492. The van der Waals surface area contributed by atoms with Gasteiger partial charge in [-0.1, -0.05) is 42.5 Å². The monoisotopic (exact) mass is 450 g/mol. The van der Waals surface area contributed by atoms with E-state index in [0.29, 0.717) is 5.56 Å². The van der Waals surface area contributed by atoms with Gasteiger partial charge in [0.1, 0.15) is 0 Å². The van der Waals surface area contributed by atoms with Gasteiger partial charge in [-0.2, -0.15) is 13.2 Å². The van der Waals surface area contributed by atoms with Crippen LogP contribution in [0.3, 0.4) is 0 Å². The Morgan fingerprint density at radius 2 is 1.68 bits per heavy atom. The van der Waals surface area contributed by atoms with E-state index in [0.717, 1.165) is 22.9 Å². The minimum Gasteiger partial charge on any atom is -0.350 e. The third-order valence-corrected chi connectivity index (χ3v) is 6.23. The lowest BCUT2D eigenvalue weighted by Gasteiger charge is -2.16. The van der Waals surface area contributed by atoms with E-state index in [9.17, 15) is 26.4 Å². The normalized spacial score (nSPS) is 13.2. The maximum Gasteiger partial charge on any atom is 0.416 e. The van der Waals surface area contributed by atoms with Gasteiger partial charge in [-0.3, -0.25) is 4.79 Å². The van der Waals surface area contributed by atoms with Gasteiger partial charge in [0, 0.05) is 13.0 Å². The van der Waals surface area contributed by atoms with Crippen LogP contribution in [-0.4, -0.2) is 20.9 Å². The van der Waals surface area contributed by atoms with Gasteiger partial charge in [0.05, 0.1) is 16.5 Å². The standard InChI is InChI=1S/C22H21F3N2O3S/c1-15(17-7-4-8-19(13-17)22(23,24)25)27-21(28)11-12-26-31(29,30)20-10-9-16-5-2-3-6-18(16)14-20/h2-10,13-15,26H,11-12H2,1H3,(H,27,28). The van der Waals surface area contributed by atoms with Crippen molar-refractivity contribution in [2.75, 3.05) is 6.54 Å². The van der Waals surface area contributed by atoms with E-state index in [2.05, 4.69) is 10.0 Å². The summed E-state index contributed by atoms with van der Waals surface area (Å²) in [5.74, 6) is -0.480. The number of nitrogens with one attached hydrogen (secondary N) is 2. The van der Waals surface area contributed by atoms with E-state index in [-0.39, 0.29) is 17.9 Å². The number of alkyl halides is 3. The lowest BCUT2D eigenvalue weighted by Crippen LogP contribution is -2.32.